The number of aldehydes is 1. The van der Waals surface area contributed by atoms with E-state index in [4.69, 9.17) is 4.84 Å². The van der Waals surface area contributed by atoms with Crippen molar-refractivity contribution < 1.29 is 18.9 Å². The number of benzene rings is 2. The molecule has 1 heterocycles. The fourth-order valence-electron chi connectivity index (χ4n) is 2.70. The molecule has 0 aliphatic carbocycles. The lowest BCUT2D eigenvalue weighted by atomic mass is 9.93. The monoisotopic (exact) mass is 469 g/mol. The number of nitrogens with zero attached hydrogens (tertiary/aromatic N) is 2. The van der Waals surface area contributed by atoms with Crippen LogP contribution in [-0.4, -0.2) is 23.5 Å². The minimum absolute atomic E-state index is 0.311. The number of carbonyl (C=O) groups is 1. The Morgan fingerprint density at radius 1 is 1.35 bits per heavy atom. The van der Waals surface area contributed by atoms with Gasteiger partial charge in [0.15, 0.2) is 12.4 Å². The molecule has 0 saturated heterocycles. The summed E-state index contributed by atoms with van der Waals surface area (Å²) < 4.78 is 15.2. The van der Waals surface area contributed by atoms with E-state index < -0.39 is 28.4 Å². The van der Waals surface area contributed by atoms with Gasteiger partial charge in [-0.25, -0.2) is 0 Å². The number of hydrogen-bond acceptors (Lipinski definition) is 6. The quantitative estimate of drug-likeness (QED) is 0.309. The zero-order valence-corrected chi connectivity index (χ0v) is 15.6. The molecule has 2 atom stereocenters. The summed E-state index contributed by atoms with van der Waals surface area (Å²) in [6.45, 7) is 1.89. The highest BCUT2D eigenvalue weighted by atomic mass is 127. The Kier molecular flexibility index (Phi) is 5.16. The van der Waals surface area contributed by atoms with E-state index in [1.807, 2.05) is 25.1 Å². The van der Waals surface area contributed by atoms with E-state index in [1.165, 1.54) is 6.21 Å². The number of halogens is 2. The summed E-state index contributed by atoms with van der Waals surface area (Å²) in [7, 11) is 0. The predicted octanol–water partition coefficient (Wildman–Crippen LogP) is 4.06. The summed E-state index contributed by atoms with van der Waals surface area (Å²) in [4.78, 5) is 26.5. The van der Waals surface area contributed by atoms with Crippen molar-refractivity contribution in [3.05, 3.63) is 61.0 Å². The second-order valence-electron chi connectivity index (χ2n) is 5.72. The Morgan fingerprint density at radius 2 is 2.12 bits per heavy atom. The van der Waals surface area contributed by atoms with Crippen LogP contribution in [0.1, 0.15) is 17.0 Å². The molecule has 1 aliphatic heterocycles. The van der Waals surface area contributed by atoms with Crippen molar-refractivity contribution in [2.45, 2.75) is 18.9 Å². The summed E-state index contributed by atoms with van der Waals surface area (Å²) >= 11 is 2.18. The maximum absolute atomic E-state index is 14.2. The number of nitrogens with one attached hydrogen (secondary N) is 1. The van der Waals surface area contributed by atoms with Gasteiger partial charge in [0.2, 0.25) is 5.82 Å². The van der Waals surface area contributed by atoms with Gasteiger partial charge in [-0.3, -0.25) is 14.9 Å². The smallest absolute Gasteiger partial charge is 0.305 e. The van der Waals surface area contributed by atoms with E-state index in [9.17, 15) is 19.3 Å². The van der Waals surface area contributed by atoms with E-state index in [1.54, 1.807) is 0 Å². The second kappa shape index (κ2) is 7.36. The molecule has 0 spiro atoms. The molecule has 0 bridgehead atoms. The van der Waals surface area contributed by atoms with Gasteiger partial charge in [0.05, 0.1) is 17.1 Å². The molecule has 2 aromatic carbocycles. The largest absolute Gasteiger partial charge is 0.384 e. The number of anilines is 2. The normalized spacial score (nSPS) is 18.4. The first-order chi connectivity index (χ1) is 12.4. The van der Waals surface area contributed by atoms with E-state index in [2.05, 4.69) is 33.1 Å². The molecule has 3 rings (SSSR count). The highest BCUT2D eigenvalue weighted by molar-refractivity contribution is 14.1. The Bertz CT molecular complexity index is 919. The van der Waals surface area contributed by atoms with E-state index in [-0.39, 0.29) is 0 Å². The van der Waals surface area contributed by atoms with E-state index in [0.29, 0.717) is 17.5 Å². The molecule has 0 amide bonds. The molecule has 0 radical (unpaired) electrons. The lowest BCUT2D eigenvalue weighted by Crippen LogP contribution is -2.19. The number of nitro groups is 1. The number of oxime groups is 1. The van der Waals surface area contributed by atoms with Crippen LogP contribution in [-0.2, 0) is 9.63 Å². The molecule has 9 heteroatoms. The summed E-state index contributed by atoms with van der Waals surface area (Å²) in [5.74, 6) is -1.62. The maximum Gasteiger partial charge on any atom is 0.305 e. The van der Waals surface area contributed by atoms with Gasteiger partial charge in [-0.2, -0.15) is 4.39 Å². The molecular formula is C17H13FIN3O4. The van der Waals surface area contributed by atoms with Gasteiger partial charge in [-0.1, -0.05) is 5.16 Å². The van der Waals surface area contributed by atoms with E-state index in [0.717, 1.165) is 27.0 Å². The maximum atomic E-state index is 14.2. The SMILES string of the molecule is Cc1cc(I)ccc1Nc1cc(F)c([N+](=O)[O-])cc1C1C=NOC1C=O. The van der Waals surface area contributed by atoms with Crippen LogP contribution in [0.5, 0.6) is 0 Å². The topological polar surface area (TPSA) is 93.8 Å². The third kappa shape index (κ3) is 3.52. The predicted molar refractivity (Wildman–Crippen MR) is 102 cm³/mol. The van der Waals surface area contributed by atoms with Gasteiger partial charge in [0.25, 0.3) is 0 Å². The van der Waals surface area contributed by atoms with Crippen LogP contribution in [0.15, 0.2) is 35.5 Å². The number of rotatable bonds is 5. The molecule has 0 fully saturated rings. The molecule has 2 unspecified atom stereocenters. The fraction of sp³-hybridized carbons (Fsp3) is 0.176. The van der Waals surface area contributed by atoms with Gasteiger partial charge in [0, 0.05) is 27.1 Å². The number of nitro benzene ring substituents is 1. The third-order valence-corrected chi connectivity index (χ3v) is 4.70. The van der Waals surface area contributed by atoms with Crippen molar-refractivity contribution in [3.8, 4) is 0 Å². The highest BCUT2D eigenvalue weighted by Crippen LogP contribution is 2.36. The van der Waals surface area contributed by atoms with Gasteiger partial charge in [0.1, 0.15) is 0 Å². The van der Waals surface area contributed by atoms with Crippen molar-refractivity contribution in [3.63, 3.8) is 0 Å². The first-order valence-electron chi connectivity index (χ1n) is 7.56. The Labute approximate surface area is 161 Å². The Morgan fingerprint density at radius 3 is 2.77 bits per heavy atom. The molecular weight excluding hydrogens is 456 g/mol. The lowest BCUT2D eigenvalue weighted by Gasteiger charge is -2.18. The van der Waals surface area contributed by atoms with Crippen LogP contribution in [0, 0.1) is 26.4 Å². The third-order valence-electron chi connectivity index (χ3n) is 4.02. The van der Waals surface area contributed by atoms with E-state index >= 15 is 0 Å². The first kappa shape index (κ1) is 18.2. The van der Waals surface area contributed by atoms with Crippen LogP contribution in [0.3, 0.4) is 0 Å². The van der Waals surface area contributed by atoms with Gasteiger partial charge in [-0.05, 0) is 58.8 Å². The molecule has 2 aromatic rings. The minimum atomic E-state index is -0.970. The fourth-order valence-corrected chi connectivity index (χ4v) is 3.35. The molecule has 0 saturated carbocycles. The summed E-state index contributed by atoms with van der Waals surface area (Å²) in [5.41, 5.74) is 1.64. The minimum Gasteiger partial charge on any atom is -0.384 e. The number of carbonyl (C=O) groups excluding carboxylic acids is 1. The summed E-state index contributed by atoms with van der Waals surface area (Å²) in [6.07, 6.45) is 1.02. The highest BCUT2D eigenvalue weighted by Gasteiger charge is 2.32. The van der Waals surface area contributed by atoms with Gasteiger partial charge in [-0.15, -0.1) is 0 Å². The molecule has 7 nitrogen and oxygen atoms in total. The van der Waals surface area contributed by atoms with Crippen molar-refractivity contribution >= 4 is 52.2 Å². The van der Waals surface area contributed by atoms with Crippen LogP contribution in [0.2, 0.25) is 0 Å². The van der Waals surface area contributed by atoms with Gasteiger partial charge < -0.3 is 10.2 Å². The van der Waals surface area contributed by atoms with Crippen LogP contribution in [0.4, 0.5) is 21.5 Å². The average Bonchev–Trinajstić information content (AvgIpc) is 3.05. The second-order valence-corrected chi connectivity index (χ2v) is 6.96. The summed E-state index contributed by atoms with van der Waals surface area (Å²) in [5, 5.41) is 17.8. The number of hydrogen-bond donors (Lipinski definition) is 1. The van der Waals surface area contributed by atoms with Gasteiger partial charge >= 0.3 is 5.69 Å². The zero-order valence-electron chi connectivity index (χ0n) is 13.5. The van der Waals surface area contributed by atoms with Crippen molar-refractivity contribution in [2.24, 2.45) is 5.16 Å². The lowest BCUT2D eigenvalue weighted by molar-refractivity contribution is -0.387. The molecule has 1 aliphatic rings. The summed E-state index contributed by atoms with van der Waals surface area (Å²) in [6, 6.07) is 7.82. The standard InChI is InChI=1S/C17H13FIN3O4/c1-9-4-10(19)2-3-14(9)21-15-6-13(18)16(22(24)25)5-11(15)12-7-20-26-17(12)8-23/h2-8,12,17,21H,1H3. The zero-order chi connectivity index (χ0) is 18.8. The Hall–Kier alpha value is -2.56. The molecule has 0 aromatic heterocycles. The van der Waals surface area contributed by atoms with Crippen LogP contribution in [0.25, 0.3) is 0 Å². The van der Waals surface area contributed by atoms with Crippen molar-refractivity contribution in [1.29, 1.82) is 0 Å². The number of aryl methyl sites for hydroxylation is 1. The Balaban J connectivity index is 2.10. The first-order valence-corrected chi connectivity index (χ1v) is 8.64. The van der Waals surface area contributed by atoms with Crippen LogP contribution >= 0.6 is 22.6 Å². The van der Waals surface area contributed by atoms with Crippen molar-refractivity contribution in [2.75, 3.05) is 5.32 Å². The molecule has 26 heavy (non-hydrogen) atoms. The molecule has 134 valence electrons. The van der Waals surface area contributed by atoms with Crippen molar-refractivity contribution in [1.82, 2.24) is 0 Å². The molecule has 1 N–H and O–H groups in total. The van der Waals surface area contributed by atoms with Crippen LogP contribution < -0.4 is 5.32 Å². The average molecular weight is 469 g/mol.